The second kappa shape index (κ2) is 8.63. The van der Waals surface area contributed by atoms with E-state index < -0.39 is 0 Å². The number of rotatable bonds is 7. The maximum atomic E-state index is 12.3. The van der Waals surface area contributed by atoms with Gasteiger partial charge in [0, 0.05) is 18.0 Å². The van der Waals surface area contributed by atoms with E-state index in [-0.39, 0.29) is 12.5 Å². The number of nitriles is 1. The van der Waals surface area contributed by atoms with Crippen molar-refractivity contribution in [2.24, 2.45) is 0 Å². The van der Waals surface area contributed by atoms with Crippen LogP contribution in [0.5, 0.6) is 0 Å². The first kappa shape index (κ1) is 17.4. The van der Waals surface area contributed by atoms with Crippen LogP contribution in [0.2, 0.25) is 0 Å². The van der Waals surface area contributed by atoms with Gasteiger partial charge in [-0.15, -0.1) is 17.9 Å². The number of thiophene rings is 1. The van der Waals surface area contributed by atoms with Crippen LogP contribution in [-0.2, 0) is 11.3 Å². The lowest BCUT2D eigenvalue weighted by atomic mass is 10.2. The largest absolute Gasteiger partial charge is 0.324 e. The zero-order valence-corrected chi connectivity index (χ0v) is 14.9. The van der Waals surface area contributed by atoms with Crippen LogP contribution in [-0.4, -0.2) is 23.9 Å². The molecule has 1 amide bonds. The highest BCUT2D eigenvalue weighted by molar-refractivity contribution is 9.11. The summed E-state index contributed by atoms with van der Waals surface area (Å²) in [6, 6.07) is 13.1. The molecule has 0 atom stereocenters. The summed E-state index contributed by atoms with van der Waals surface area (Å²) in [5, 5.41) is 11.9. The summed E-state index contributed by atoms with van der Waals surface area (Å²) in [7, 11) is 0. The van der Waals surface area contributed by atoms with Crippen molar-refractivity contribution in [3.63, 3.8) is 0 Å². The Kier molecular flexibility index (Phi) is 6.53. The Labute approximate surface area is 148 Å². The van der Waals surface area contributed by atoms with E-state index in [1.165, 1.54) is 4.88 Å². The van der Waals surface area contributed by atoms with Crippen LogP contribution in [0.3, 0.4) is 0 Å². The molecule has 23 heavy (non-hydrogen) atoms. The number of amides is 1. The summed E-state index contributed by atoms with van der Waals surface area (Å²) < 4.78 is 1.07. The maximum absolute atomic E-state index is 12.3. The Morgan fingerprint density at radius 1 is 1.39 bits per heavy atom. The van der Waals surface area contributed by atoms with E-state index in [0.717, 1.165) is 3.79 Å². The number of nitrogens with zero attached hydrogens (tertiary/aromatic N) is 2. The Morgan fingerprint density at radius 3 is 2.83 bits per heavy atom. The highest BCUT2D eigenvalue weighted by Crippen LogP contribution is 2.23. The number of hydrogen-bond acceptors (Lipinski definition) is 4. The molecular weight excluding hydrogens is 374 g/mol. The van der Waals surface area contributed by atoms with Gasteiger partial charge < -0.3 is 5.32 Å². The first-order valence-electron chi connectivity index (χ1n) is 6.99. The molecule has 1 N–H and O–H groups in total. The minimum absolute atomic E-state index is 0.148. The molecule has 6 heteroatoms. The average molecular weight is 390 g/mol. The third kappa shape index (κ3) is 5.32. The molecule has 1 aromatic heterocycles. The predicted octanol–water partition coefficient (Wildman–Crippen LogP) is 4.01. The van der Waals surface area contributed by atoms with E-state index in [1.54, 1.807) is 41.7 Å². The number of anilines is 1. The fourth-order valence-electron chi connectivity index (χ4n) is 2.11. The molecule has 0 spiro atoms. The molecular formula is C17H16BrN3OS. The van der Waals surface area contributed by atoms with Crippen molar-refractivity contribution in [1.82, 2.24) is 4.90 Å². The van der Waals surface area contributed by atoms with Crippen LogP contribution in [0, 0.1) is 11.3 Å². The van der Waals surface area contributed by atoms with Crippen LogP contribution in [0.25, 0.3) is 0 Å². The fraction of sp³-hybridized carbons (Fsp3) is 0.176. The smallest absolute Gasteiger partial charge is 0.238 e. The number of benzene rings is 1. The Bertz CT molecular complexity index is 735. The SMILES string of the molecule is C=CCN(CC(=O)Nc1ccccc1C#N)Cc1ccc(Br)s1. The third-order valence-electron chi connectivity index (χ3n) is 3.08. The van der Waals surface area contributed by atoms with Gasteiger partial charge in [-0.05, 0) is 40.2 Å². The van der Waals surface area contributed by atoms with Gasteiger partial charge in [-0.3, -0.25) is 9.69 Å². The molecule has 0 aliphatic rings. The van der Waals surface area contributed by atoms with Crippen molar-refractivity contribution in [3.05, 3.63) is 63.3 Å². The molecule has 0 aliphatic carbocycles. The minimum Gasteiger partial charge on any atom is -0.324 e. The predicted molar refractivity (Wildman–Crippen MR) is 97.3 cm³/mol. The summed E-state index contributed by atoms with van der Waals surface area (Å²) in [4.78, 5) is 15.4. The first-order chi connectivity index (χ1) is 11.1. The topological polar surface area (TPSA) is 56.1 Å². The molecule has 0 saturated heterocycles. The molecule has 0 unspecified atom stereocenters. The zero-order valence-electron chi connectivity index (χ0n) is 12.5. The van der Waals surface area contributed by atoms with Crippen LogP contribution in [0.1, 0.15) is 10.4 Å². The normalized spacial score (nSPS) is 10.3. The molecule has 0 fully saturated rings. The Morgan fingerprint density at radius 2 is 2.17 bits per heavy atom. The van der Waals surface area contributed by atoms with Gasteiger partial charge in [0.2, 0.25) is 5.91 Å². The number of carbonyl (C=O) groups is 1. The van der Waals surface area contributed by atoms with Crippen LogP contribution in [0.4, 0.5) is 5.69 Å². The van der Waals surface area contributed by atoms with Crippen molar-refractivity contribution >= 4 is 38.9 Å². The molecule has 1 aromatic carbocycles. The van der Waals surface area contributed by atoms with Gasteiger partial charge in [-0.25, -0.2) is 0 Å². The number of nitrogens with one attached hydrogen (secondary N) is 1. The molecule has 0 radical (unpaired) electrons. The lowest BCUT2D eigenvalue weighted by molar-refractivity contribution is -0.117. The number of para-hydroxylation sites is 1. The second-order valence-electron chi connectivity index (χ2n) is 4.87. The van der Waals surface area contributed by atoms with Crippen LogP contribution >= 0.6 is 27.3 Å². The highest BCUT2D eigenvalue weighted by atomic mass is 79.9. The summed E-state index contributed by atoms with van der Waals surface area (Å²) in [6.07, 6.45) is 1.78. The highest BCUT2D eigenvalue weighted by Gasteiger charge is 2.13. The molecule has 0 aliphatic heterocycles. The monoisotopic (exact) mass is 389 g/mol. The number of hydrogen-bond donors (Lipinski definition) is 1. The fourth-order valence-corrected chi connectivity index (χ4v) is 3.63. The summed E-state index contributed by atoms with van der Waals surface area (Å²) in [5.74, 6) is -0.148. The van der Waals surface area contributed by atoms with Crippen molar-refractivity contribution in [1.29, 1.82) is 5.26 Å². The van der Waals surface area contributed by atoms with E-state index in [4.69, 9.17) is 5.26 Å². The lowest BCUT2D eigenvalue weighted by Gasteiger charge is -2.19. The van der Waals surface area contributed by atoms with Crippen LogP contribution < -0.4 is 5.32 Å². The van der Waals surface area contributed by atoms with Crippen LogP contribution in [0.15, 0.2) is 52.8 Å². The quantitative estimate of drug-likeness (QED) is 0.727. The van der Waals surface area contributed by atoms with Crippen molar-refractivity contribution in [2.45, 2.75) is 6.54 Å². The standard InChI is InChI=1S/C17H16BrN3OS/c1-2-9-21(11-14-7-8-16(18)23-14)12-17(22)20-15-6-4-3-5-13(15)10-19/h2-8H,1,9,11-12H2,(H,20,22). The number of halogens is 1. The van der Waals surface area contributed by atoms with Gasteiger partial charge in [0.25, 0.3) is 0 Å². The van der Waals surface area contributed by atoms with Crippen molar-refractivity contribution < 1.29 is 4.79 Å². The second-order valence-corrected chi connectivity index (χ2v) is 7.42. The molecule has 2 aromatic rings. The van der Waals surface area contributed by atoms with E-state index >= 15 is 0 Å². The molecule has 0 bridgehead atoms. The van der Waals surface area contributed by atoms with E-state index in [2.05, 4.69) is 33.9 Å². The molecule has 2 rings (SSSR count). The van der Waals surface area contributed by atoms with Gasteiger partial charge in [0.1, 0.15) is 6.07 Å². The van der Waals surface area contributed by atoms with Gasteiger partial charge in [-0.2, -0.15) is 5.26 Å². The Balaban J connectivity index is 2.00. The summed E-state index contributed by atoms with van der Waals surface area (Å²) in [5.41, 5.74) is 0.996. The van der Waals surface area contributed by atoms with Gasteiger partial charge >= 0.3 is 0 Å². The Hall–Kier alpha value is -1.94. The zero-order chi connectivity index (χ0) is 16.7. The molecule has 118 valence electrons. The molecule has 1 heterocycles. The van der Waals surface area contributed by atoms with Gasteiger partial charge in [-0.1, -0.05) is 18.2 Å². The van der Waals surface area contributed by atoms with Crippen molar-refractivity contribution in [2.75, 3.05) is 18.4 Å². The molecule has 0 saturated carbocycles. The van der Waals surface area contributed by atoms with Gasteiger partial charge in [0.15, 0.2) is 0 Å². The minimum atomic E-state index is -0.148. The van der Waals surface area contributed by atoms with E-state index in [9.17, 15) is 4.79 Å². The third-order valence-corrected chi connectivity index (χ3v) is 4.69. The number of carbonyl (C=O) groups excluding carboxylic acids is 1. The summed E-state index contributed by atoms with van der Waals surface area (Å²) >= 11 is 5.09. The maximum Gasteiger partial charge on any atom is 0.238 e. The summed E-state index contributed by atoms with van der Waals surface area (Å²) in [6.45, 7) is 5.27. The van der Waals surface area contributed by atoms with E-state index in [1.807, 2.05) is 17.0 Å². The first-order valence-corrected chi connectivity index (χ1v) is 8.59. The average Bonchev–Trinajstić information content (AvgIpc) is 2.93. The van der Waals surface area contributed by atoms with E-state index in [0.29, 0.717) is 24.3 Å². The lowest BCUT2D eigenvalue weighted by Crippen LogP contribution is -2.33. The van der Waals surface area contributed by atoms with Gasteiger partial charge in [0.05, 0.1) is 21.6 Å². The molecule has 4 nitrogen and oxygen atoms in total. The van der Waals surface area contributed by atoms with Crippen molar-refractivity contribution in [3.8, 4) is 6.07 Å².